The molecule has 1 aromatic rings. The summed E-state index contributed by atoms with van der Waals surface area (Å²) in [5.74, 6) is 0. The average Bonchev–Trinajstić information content (AvgIpc) is 2.33. The van der Waals surface area contributed by atoms with Crippen LogP contribution in [0, 0.1) is 0 Å². The maximum absolute atomic E-state index is 5.59. The second kappa shape index (κ2) is 9.65. The Morgan fingerprint density at radius 2 is 1.80 bits per heavy atom. The van der Waals surface area contributed by atoms with Crippen LogP contribution >= 0.6 is 0 Å². The van der Waals surface area contributed by atoms with Gasteiger partial charge in [0, 0.05) is 12.6 Å². The highest BCUT2D eigenvalue weighted by molar-refractivity contribution is 5.13. The Labute approximate surface area is 92.4 Å². The molecule has 0 bridgehead atoms. The van der Waals surface area contributed by atoms with E-state index in [1.54, 1.807) is 0 Å². The van der Waals surface area contributed by atoms with Gasteiger partial charge in [0.2, 0.25) is 0 Å². The maximum Gasteiger partial charge on any atom is 0.0717 e. The van der Waals surface area contributed by atoms with Crippen LogP contribution < -0.4 is 11.5 Å². The summed E-state index contributed by atoms with van der Waals surface area (Å²) in [5, 5.41) is 0. The molecule has 0 aliphatic carbocycles. The van der Waals surface area contributed by atoms with Gasteiger partial charge in [0.25, 0.3) is 0 Å². The molecule has 0 saturated carbocycles. The molecule has 4 N–H and O–H groups in total. The normalized spacial score (nSPS) is 11.5. The number of nitrogens with two attached hydrogens (primary N) is 2. The van der Waals surface area contributed by atoms with E-state index in [4.69, 9.17) is 16.2 Å². The fraction of sp³-hybridized carbons (Fsp3) is 0.500. The molecule has 1 unspecified atom stereocenters. The van der Waals surface area contributed by atoms with E-state index in [0.29, 0.717) is 19.8 Å². The Hall–Kier alpha value is -0.900. The van der Waals surface area contributed by atoms with Crippen molar-refractivity contribution in [2.45, 2.75) is 26.5 Å². The average molecular weight is 210 g/mol. The van der Waals surface area contributed by atoms with E-state index in [9.17, 15) is 0 Å². The molecule has 3 heteroatoms. The van der Waals surface area contributed by atoms with Crippen LogP contribution in [0.4, 0.5) is 0 Å². The Balaban J connectivity index is 0.000000921. The molecule has 1 atom stereocenters. The minimum absolute atomic E-state index is 0.0521. The summed E-state index contributed by atoms with van der Waals surface area (Å²) in [5.41, 5.74) is 12.1. The Morgan fingerprint density at radius 3 is 2.33 bits per heavy atom. The van der Waals surface area contributed by atoms with Crippen LogP contribution in [0.2, 0.25) is 0 Å². The van der Waals surface area contributed by atoms with Gasteiger partial charge in [-0.25, -0.2) is 0 Å². The van der Waals surface area contributed by atoms with E-state index < -0.39 is 0 Å². The third-order valence-electron chi connectivity index (χ3n) is 1.75. The molecule has 0 aromatic heterocycles. The zero-order valence-electron chi connectivity index (χ0n) is 9.65. The summed E-state index contributed by atoms with van der Waals surface area (Å²) < 4.78 is 5.37. The summed E-state index contributed by atoms with van der Waals surface area (Å²) in [6.45, 7) is 5.59. The van der Waals surface area contributed by atoms with Gasteiger partial charge in [0.15, 0.2) is 0 Å². The first-order valence-electron chi connectivity index (χ1n) is 5.40. The monoisotopic (exact) mass is 210 g/mol. The molecule has 15 heavy (non-hydrogen) atoms. The van der Waals surface area contributed by atoms with Crippen molar-refractivity contribution in [2.75, 3.05) is 13.2 Å². The van der Waals surface area contributed by atoms with Gasteiger partial charge in [-0.1, -0.05) is 44.2 Å². The maximum atomic E-state index is 5.59. The predicted octanol–water partition coefficient (Wildman–Crippen LogP) is 1.52. The third kappa shape index (κ3) is 7.08. The standard InChI is InChI=1S/C10H16N2O.C2H6/c11-6-10(12)8-13-7-9-4-2-1-3-5-9;1-2/h1-5,10H,6-8,11-12H2;1-2H3. The van der Waals surface area contributed by atoms with Crippen molar-refractivity contribution in [3.8, 4) is 0 Å². The number of benzene rings is 1. The summed E-state index contributed by atoms with van der Waals surface area (Å²) in [6, 6.07) is 9.95. The molecule has 0 amide bonds. The number of rotatable bonds is 5. The highest BCUT2D eigenvalue weighted by atomic mass is 16.5. The zero-order chi connectivity index (χ0) is 11.5. The van der Waals surface area contributed by atoms with Crippen LogP contribution in [0.25, 0.3) is 0 Å². The molecule has 0 heterocycles. The van der Waals surface area contributed by atoms with Crippen LogP contribution in [-0.2, 0) is 11.3 Å². The van der Waals surface area contributed by atoms with Crippen LogP contribution in [0.15, 0.2) is 30.3 Å². The Kier molecular flexibility index (Phi) is 9.07. The van der Waals surface area contributed by atoms with Gasteiger partial charge in [0.1, 0.15) is 0 Å². The van der Waals surface area contributed by atoms with Crippen LogP contribution in [0.1, 0.15) is 19.4 Å². The van der Waals surface area contributed by atoms with E-state index in [0.717, 1.165) is 5.56 Å². The van der Waals surface area contributed by atoms with Crippen molar-refractivity contribution in [2.24, 2.45) is 11.5 Å². The van der Waals surface area contributed by atoms with E-state index >= 15 is 0 Å². The molecule has 0 radical (unpaired) electrons. The van der Waals surface area contributed by atoms with Gasteiger partial charge < -0.3 is 16.2 Å². The van der Waals surface area contributed by atoms with Crippen LogP contribution in [-0.4, -0.2) is 19.2 Å². The molecule has 0 aliphatic rings. The molecule has 86 valence electrons. The lowest BCUT2D eigenvalue weighted by atomic mass is 10.2. The van der Waals surface area contributed by atoms with Gasteiger partial charge in [0.05, 0.1) is 13.2 Å². The Bertz CT molecular complexity index is 226. The first-order valence-corrected chi connectivity index (χ1v) is 5.40. The lowest BCUT2D eigenvalue weighted by molar-refractivity contribution is 0.109. The Morgan fingerprint density at radius 1 is 1.20 bits per heavy atom. The van der Waals surface area contributed by atoms with Gasteiger partial charge in [-0.2, -0.15) is 0 Å². The van der Waals surface area contributed by atoms with Crippen molar-refractivity contribution >= 4 is 0 Å². The second-order valence-corrected chi connectivity index (χ2v) is 3.00. The third-order valence-corrected chi connectivity index (χ3v) is 1.75. The first kappa shape index (κ1) is 14.1. The van der Waals surface area contributed by atoms with Crippen molar-refractivity contribution in [3.05, 3.63) is 35.9 Å². The largest absolute Gasteiger partial charge is 0.375 e. The van der Waals surface area contributed by atoms with Crippen molar-refractivity contribution < 1.29 is 4.74 Å². The highest BCUT2D eigenvalue weighted by Gasteiger charge is 1.98. The molecular weight excluding hydrogens is 188 g/mol. The minimum atomic E-state index is -0.0521. The molecule has 3 nitrogen and oxygen atoms in total. The summed E-state index contributed by atoms with van der Waals surface area (Å²) in [4.78, 5) is 0. The summed E-state index contributed by atoms with van der Waals surface area (Å²) >= 11 is 0. The molecule has 0 spiro atoms. The first-order chi connectivity index (χ1) is 7.33. The summed E-state index contributed by atoms with van der Waals surface area (Å²) in [7, 11) is 0. The van der Waals surface area contributed by atoms with E-state index in [2.05, 4.69) is 0 Å². The van der Waals surface area contributed by atoms with Gasteiger partial charge in [-0.15, -0.1) is 0 Å². The topological polar surface area (TPSA) is 61.3 Å². The van der Waals surface area contributed by atoms with E-state index in [1.807, 2.05) is 44.2 Å². The molecule has 1 aromatic carbocycles. The second-order valence-electron chi connectivity index (χ2n) is 3.00. The van der Waals surface area contributed by atoms with E-state index in [-0.39, 0.29) is 6.04 Å². The number of hydrogen-bond acceptors (Lipinski definition) is 3. The molecule has 1 rings (SSSR count). The molecule has 0 fully saturated rings. The van der Waals surface area contributed by atoms with Crippen LogP contribution in [0.5, 0.6) is 0 Å². The smallest absolute Gasteiger partial charge is 0.0717 e. The molecule has 0 saturated heterocycles. The minimum Gasteiger partial charge on any atom is -0.375 e. The van der Waals surface area contributed by atoms with Gasteiger partial charge in [-0.3, -0.25) is 0 Å². The fourth-order valence-electron chi connectivity index (χ4n) is 0.970. The lowest BCUT2D eigenvalue weighted by Crippen LogP contribution is -2.34. The number of hydrogen-bond donors (Lipinski definition) is 2. The predicted molar refractivity (Wildman–Crippen MR) is 64.5 cm³/mol. The SMILES string of the molecule is CC.NCC(N)COCc1ccccc1. The summed E-state index contributed by atoms with van der Waals surface area (Å²) in [6.07, 6.45) is 0. The van der Waals surface area contributed by atoms with Crippen molar-refractivity contribution in [3.63, 3.8) is 0 Å². The highest BCUT2D eigenvalue weighted by Crippen LogP contribution is 2.00. The molecular formula is C12H22N2O. The van der Waals surface area contributed by atoms with Gasteiger partial charge in [-0.05, 0) is 5.56 Å². The van der Waals surface area contributed by atoms with E-state index in [1.165, 1.54) is 0 Å². The zero-order valence-corrected chi connectivity index (χ0v) is 9.65. The van der Waals surface area contributed by atoms with Gasteiger partial charge >= 0.3 is 0 Å². The lowest BCUT2D eigenvalue weighted by Gasteiger charge is -2.09. The molecule has 0 aliphatic heterocycles. The van der Waals surface area contributed by atoms with Crippen molar-refractivity contribution in [1.29, 1.82) is 0 Å². The van der Waals surface area contributed by atoms with Crippen LogP contribution in [0.3, 0.4) is 0 Å². The number of ether oxygens (including phenoxy) is 1. The quantitative estimate of drug-likeness (QED) is 0.774. The fourth-order valence-corrected chi connectivity index (χ4v) is 0.970. The van der Waals surface area contributed by atoms with Crippen molar-refractivity contribution in [1.82, 2.24) is 0 Å².